The van der Waals surface area contributed by atoms with E-state index in [2.05, 4.69) is 0 Å². The van der Waals surface area contributed by atoms with Gasteiger partial charge in [0.25, 0.3) is 5.69 Å². The molecular weight excluding hydrogens is 285 g/mol. The van der Waals surface area contributed by atoms with Crippen LogP contribution in [0, 0.1) is 29.8 Å². The molecule has 2 aromatic carbocycles. The van der Waals surface area contributed by atoms with Gasteiger partial charge in [0.15, 0.2) is 0 Å². The van der Waals surface area contributed by atoms with E-state index in [0.29, 0.717) is 10.8 Å². The average Bonchev–Trinajstić information content (AvgIpc) is 2.35. The molecule has 0 aliphatic carbocycles. The fourth-order valence-corrected chi connectivity index (χ4v) is 1.92. The van der Waals surface area contributed by atoms with Gasteiger partial charge in [-0.25, -0.2) is 4.39 Å². The molecule has 0 unspecified atom stereocenters. The van der Waals surface area contributed by atoms with E-state index >= 15 is 0 Å². The van der Waals surface area contributed by atoms with Crippen molar-refractivity contribution < 1.29 is 14.1 Å². The van der Waals surface area contributed by atoms with Gasteiger partial charge in [-0.15, -0.1) is 0 Å². The lowest BCUT2D eigenvalue weighted by atomic mass is 10.1. The van der Waals surface area contributed by atoms with Gasteiger partial charge in [-0.2, -0.15) is 0 Å². The molecule has 0 radical (unpaired) electrons. The third kappa shape index (κ3) is 3.05. The van der Waals surface area contributed by atoms with Crippen LogP contribution in [0.2, 0.25) is 5.02 Å². The smallest absolute Gasteiger partial charge is 0.276 e. The first-order chi connectivity index (χ1) is 9.36. The van der Waals surface area contributed by atoms with Crippen molar-refractivity contribution in [3.63, 3.8) is 0 Å². The highest BCUT2D eigenvalue weighted by Gasteiger charge is 2.12. The van der Waals surface area contributed by atoms with E-state index in [1.165, 1.54) is 6.07 Å². The summed E-state index contributed by atoms with van der Waals surface area (Å²) in [5.41, 5.74) is 1.27. The van der Waals surface area contributed by atoms with Crippen LogP contribution in [-0.4, -0.2) is 4.92 Å². The number of halogens is 2. The molecule has 2 rings (SSSR count). The Morgan fingerprint density at radius 1 is 1.10 bits per heavy atom. The van der Waals surface area contributed by atoms with Gasteiger partial charge in [0.1, 0.15) is 17.3 Å². The molecule has 0 N–H and O–H groups in total. The van der Waals surface area contributed by atoms with Crippen LogP contribution >= 0.6 is 11.6 Å². The van der Waals surface area contributed by atoms with Crippen LogP contribution in [0.15, 0.2) is 30.3 Å². The predicted octanol–water partition coefficient (Wildman–Crippen LogP) is 4.80. The lowest BCUT2D eigenvalue weighted by molar-refractivity contribution is -0.385. The molecule has 104 valence electrons. The molecule has 0 aliphatic rings. The number of nitro groups is 1. The van der Waals surface area contributed by atoms with Gasteiger partial charge < -0.3 is 4.74 Å². The fourth-order valence-electron chi connectivity index (χ4n) is 1.81. The molecule has 2 aromatic rings. The molecule has 0 aliphatic heterocycles. The van der Waals surface area contributed by atoms with Crippen molar-refractivity contribution in [3.05, 3.63) is 62.4 Å². The summed E-state index contributed by atoms with van der Waals surface area (Å²) >= 11 is 6.04. The van der Waals surface area contributed by atoms with E-state index < -0.39 is 10.7 Å². The second kappa shape index (κ2) is 5.46. The van der Waals surface area contributed by atoms with Gasteiger partial charge in [0.05, 0.1) is 17.1 Å². The van der Waals surface area contributed by atoms with Crippen LogP contribution in [0.25, 0.3) is 0 Å². The molecule has 0 aromatic heterocycles. The van der Waals surface area contributed by atoms with Crippen molar-refractivity contribution in [1.29, 1.82) is 0 Å². The van der Waals surface area contributed by atoms with Crippen LogP contribution < -0.4 is 4.74 Å². The minimum absolute atomic E-state index is 0.0674. The first kappa shape index (κ1) is 14.3. The van der Waals surface area contributed by atoms with E-state index in [9.17, 15) is 14.5 Å². The summed E-state index contributed by atoms with van der Waals surface area (Å²) in [4.78, 5) is 10.0. The minimum Gasteiger partial charge on any atom is -0.457 e. The number of nitro benzene ring substituents is 1. The second-order valence-electron chi connectivity index (χ2n) is 4.38. The number of hydrogen-bond donors (Lipinski definition) is 0. The Kier molecular flexibility index (Phi) is 3.90. The Bertz CT molecular complexity index is 665. The second-order valence-corrected chi connectivity index (χ2v) is 4.75. The zero-order valence-corrected chi connectivity index (χ0v) is 11.6. The van der Waals surface area contributed by atoms with Crippen LogP contribution in [0.4, 0.5) is 10.1 Å². The molecule has 0 spiro atoms. The standard InChI is InChI=1S/C14H11ClFNO3/c1-8-3-12(4-9(2)14(8)15)20-13-6-10(16)5-11(7-13)17(18)19/h3-7H,1-2H3. The third-order valence-electron chi connectivity index (χ3n) is 2.71. The zero-order chi connectivity index (χ0) is 14.9. The van der Waals surface area contributed by atoms with Crippen LogP contribution in [-0.2, 0) is 0 Å². The number of nitrogens with zero attached hydrogens (tertiary/aromatic N) is 1. The molecule has 0 heterocycles. The number of rotatable bonds is 3. The van der Waals surface area contributed by atoms with Crippen LogP contribution in [0.3, 0.4) is 0 Å². The van der Waals surface area contributed by atoms with E-state index in [1.807, 2.05) is 13.8 Å². The number of ether oxygens (including phenoxy) is 1. The predicted molar refractivity (Wildman–Crippen MR) is 74.1 cm³/mol. The fraction of sp³-hybridized carbons (Fsp3) is 0.143. The summed E-state index contributed by atoms with van der Waals surface area (Å²) in [5, 5.41) is 11.3. The molecule has 0 saturated heterocycles. The van der Waals surface area contributed by atoms with E-state index in [1.54, 1.807) is 12.1 Å². The van der Waals surface area contributed by atoms with E-state index in [0.717, 1.165) is 23.3 Å². The normalized spacial score (nSPS) is 10.4. The Morgan fingerprint density at radius 3 is 2.20 bits per heavy atom. The molecule has 0 saturated carbocycles. The minimum atomic E-state index is -0.725. The Balaban J connectivity index is 2.37. The summed E-state index contributed by atoms with van der Waals surface area (Å²) in [6.45, 7) is 3.63. The maximum Gasteiger partial charge on any atom is 0.276 e. The highest BCUT2D eigenvalue weighted by molar-refractivity contribution is 6.32. The maximum absolute atomic E-state index is 13.3. The molecule has 0 fully saturated rings. The highest BCUT2D eigenvalue weighted by atomic mass is 35.5. The quantitative estimate of drug-likeness (QED) is 0.604. The summed E-state index contributed by atoms with van der Waals surface area (Å²) in [6, 6.07) is 6.47. The maximum atomic E-state index is 13.3. The molecule has 20 heavy (non-hydrogen) atoms. The monoisotopic (exact) mass is 295 g/mol. The SMILES string of the molecule is Cc1cc(Oc2cc(F)cc([N+](=O)[O-])c2)cc(C)c1Cl. The highest BCUT2D eigenvalue weighted by Crippen LogP contribution is 2.31. The number of benzene rings is 2. The first-order valence-electron chi connectivity index (χ1n) is 5.76. The summed E-state index contributed by atoms with van der Waals surface area (Å²) in [7, 11) is 0. The average molecular weight is 296 g/mol. The Morgan fingerprint density at radius 2 is 1.65 bits per heavy atom. The van der Waals surface area contributed by atoms with Gasteiger partial charge in [0.2, 0.25) is 0 Å². The van der Waals surface area contributed by atoms with Gasteiger partial charge in [-0.05, 0) is 37.1 Å². The third-order valence-corrected chi connectivity index (χ3v) is 3.31. The van der Waals surface area contributed by atoms with Crippen LogP contribution in [0.1, 0.15) is 11.1 Å². The first-order valence-corrected chi connectivity index (χ1v) is 6.14. The topological polar surface area (TPSA) is 52.4 Å². The van der Waals surface area contributed by atoms with Crippen molar-refractivity contribution in [2.45, 2.75) is 13.8 Å². The molecular formula is C14H11ClFNO3. The lowest BCUT2D eigenvalue weighted by Gasteiger charge is -2.09. The largest absolute Gasteiger partial charge is 0.457 e. The van der Waals surface area contributed by atoms with Crippen molar-refractivity contribution in [1.82, 2.24) is 0 Å². The van der Waals surface area contributed by atoms with Gasteiger partial charge >= 0.3 is 0 Å². The van der Waals surface area contributed by atoms with E-state index in [-0.39, 0.29) is 11.4 Å². The van der Waals surface area contributed by atoms with Crippen LogP contribution in [0.5, 0.6) is 11.5 Å². The summed E-state index contributed by atoms with van der Waals surface area (Å²) < 4.78 is 18.8. The molecule has 4 nitrogen and oxygen atoms in total. The van der Waals surface area contributed by atoms with Gasteiger partial charge in [-0.1, -0.05) is 11.6 Å². The molecule has 0 bridgehead atoms. The Labute approximate surface area is 119 Å². The summed E-state index contributed by atoms with van der Waals surface area (Å²) in [5.74, 6) is -0.210. The molecule has 6 heteroatoms. The lowest BCUT2D eigenvalue weighted by Crippen LogP contribution is -1.93. The summed E-state index contributed by atoms with van der Waals surface area (Å²) in [6.07, 6.45) is 0. The van der Waals surface area contributed by atoms with E-state index in [4.69, 9.17) is 16.3 Å². The van der Waals surface area contributed by atoms with Crippen molar-refractivity contribution >= 4 is 17.3 Å². The van der Waals surface area contributed by atoms with Gasteiger partial charge in [-0.3, -0.25) is 10.1 Å². The van der Waals surface area contributed by atoms with Crippen molar-refractivity contribution in [2.75, 3.05) is 0 Å². The molecule has 0 amide bonds. The number of non-ortho nitro benzene ring substituents is 1. The van der Waals surface area contributed by atoms with Crippen molar-refractivity contribution in [2.24, 2.45) is 0 Å². The van der Waals surface area contributed by atoms with Gasteiger partial charge in [0, 0.05) is 11.1 Å². The number of aryl methyl sites for hydroxylation is 2. The van der Waals surface area contributed by atoms with Crippen molar-refractivity contribution in [3.8, 4) is 11.5 Å². The number of hydrogen-bond acceptors (Lipinski definition) is 3. The zero-order valence-electron chi connectivity index (χ0n) is 10.8. The Hall–Kier alpha value is -2.14. The molecule has 0 atom stereocenters.